The first-order chi connectivity index (χ1) is 15.5. The molecule has 0 amide bonds. The Hall–Kier alpha value is -2.16. The van der Waals surface area contributed by atoms with Crippen LogP contribution in [0.2, 0.25) is 0 Å². The van der Waals surface area contributed by atoms with Crippen molar-refractivity contribution in [1.82, 2.24) is 0 Å². The Balaban J connectivity index is -0.000000411. The highest BCUT2D eigenvalue weighted by molar-refractivity contribution is 6.18. The van der Waals surface area contributed by atoms with Crippen molar-refractivity contribution in [1.29, 1.82) is 0 Å². The fourth-order valence-corrected chi connectivity index (χ4v) is 1.66. The summed E-state index contributed by atoms with van der Waals surface area (Å²) in [6, 6.07) is -3.20. The fourth-order valence-electron chi connectivity index (χ4n) is 1.24. The maximum absolute atomic E-state index is 10.2. The summed E-state index contributed by atoms with van der Waals surface area (Å²) in [4.78, 5) is 30.3. The second kappa shape index (κ2) is 26.1. The largest absolute Gasteiger partial charge is 0.479 e. The Bertz CT molecular complexity index is 748. The lowest BCUT2D eigenvalue weighted by Crippen LogP contribution is -2.27. The third-order valence-corrected chi connectivity index (χ3v) is 3.63. The standard InChI is InChI=1S/C8H12ClNO2.C7H10ClNO2.C6H8ClNO2/c9-6-4-2-1-3-5-7(10)8(11)12;8-5-3-1-2-4-6(9)7(10)11;7-4-2-1-3-5(8)6(9)10/h7H,1-2,4,6,10H2,(H,11,12);6H,1,3,5,9H2,(H,10,11);5H,2,4,8H2,(H,9,10). The maximum atomic E-state index is 10.2. The Labute approximate surface area is 209 Å². The summed E-state index contributed by atoms with van der Waals surface area (Å²) < 4.78 is 0. The van der Waals surface area contributed by atoms with Crippen LogP contribution in [0, 0.1) is 35.5 Å². The van der Waals surface area contributed by atoms with Gasteiger partial charge in [-0.05, 0) is 19.3 Å². The molecule has 9 N–H and O–H groups in total. The number of unbranched alkanes of at least 4 members (excludes halogenated alkanes) is 3. The second-order valence-electron chi connectivity index (χ2n) is 5.79. The fraction of sp³-hybridized carbons (Fsp3) is 0.571. The monoisotopic (exact) mass is 525 g/mol. The Morgan fingerprint density at radius 2 is 0.909 bits per heavy atom. The zero-order valence-electron chi connectivity index (χ0n) is 18.0. The molecule has 9 nitrogen and oxygen atoms in total. The average Bonchev–Trinajstić information content (AvgIpc) is 2.77. The van der Waals surface area contributed by atoms with Gasteiger partial charge in [-0.1, -0.05) is 23.7 Å². The van der Waals surface area contributed by atoms with Crippen molar-refractivity contribution in [2.45, 2.75) is 56.7 Å². The summed E-state index contributed by atoms with van der Waals surface area (Å²) >= 11 is 16.1. The van der Waals surface area contributed by atoms with Crippen molar-refractivity contribution in [3.63, 3.8) is 0 Å². The molecule has 0 aliphatic rings. The number of hydrogen-bond donors (Lipinski definition) is 6. The Morgan fingerprint density at radius 1 is 0.576 bits per heavy atom. The smallest absolute Gasteiger partial charge is 0.333 e. The molecule has 12 heteroatoms. The molecular weight excluding hydrogens is 497 g/mol. The lowest BCUT2D eigenvalue weighted by molar-refractivity contribution is -0.138. The molecule has 3 unspecified atom stereocenters. The highest BCUT2D eigenvalue weighted by Crippen LogP contribution is 1.95. The number of carbonyl (C=O) groups is 3. The van der Waals surface area contributed by atoms with Gasteiger partial charge < -0.3 is 32.5 Å². The topological polar surface area (TPSA) is 190 Å². The maximum Gasteiger partial charge on any atom is 0.333 e. The van der Waals surface area contributed by atoms with Crippen LogP contribution in [0.1, 0.15) is 38.5 Å². The quantitative estimate of drug-likeness (QED) is 0.146. The molecular formula is C21H30Cl3N3O6. The lowest BCUT2D eigenvalue weighted by atomic mass is 10.2. The van der Waals surface area contributed by atoms with Gasteiger partial charge in [-0.15, -0.1) is 46.6 Å². The molecule has 0 aromatic rings. The minimum absolute atomic E-state index is 0.402. The van der Waals surface area contributed by atoms with Crippen molar-refractivity contribution in [2.24, 2.45) is 17.2 Å². The van der Waals surface area contributed by atoms with Gasteiger partial charge in [0.05, 0.1) is 0 Å². The SMILES string of the molecule is NC(C#CCCCCCl)C(=O)O.NC(C#CCCCCl)C(=O)O.NC(C#CCCCl)C(=O)O. The van der Waals surface area contributed by atoms with Crippen LogP contribution in [0.3, 0.4) is 0 Å². The van der Waals surface area contributed by atoms with E-state index in [0.717, 1.165) is 19.3 Å². The summed E-state index contributed by atoms with van der Waals surface area (Å²) in [5.41, 5.74) is 15.3. The van der Waals surface area contributed by atoms with Gasteiger partial charge in [0.15, 0.2) is 18.1 Å². The first-order valence-electron chi connectivity index (χ1n) is 9.63. The van der Waals surface area contributed by atoms with Gasteiger partial charge in [0.2, 0.25) is 0 Å². The molecule has 0 aliphatic heterocycles. The van der Waals surface area contributed by atoms with Gasteiger partial charge in [-0.3, -0.25) is 0 Å². The highest BCUT2D eigenvalue weighted by Gasteiger charge is 2.06. The van der Waals surface area contributed by atoms with Crippen molar-refractivity contribution < 1.29 is 29.7 Å². The molecule has 0 aromatic carbocycles. The number of nitrogens with two attached hydrogens (primary N) is 3. The van der Waals surface area contributed by atoms with Gasteiger partial charge in [-0.2, -0.15) is 0 Å². The Morgan fingerprint density at radius 3 is 1.21 bits per heavy atom. The van der Waals surface area contributed by atoms with Gasteiger partial charge in [0.1, 0.15) is 0 Å². The predicted molar refractivity (Wildman–Crippen MR) is 130 cm³/mol. The molecule has 0 spiro atoms. The molecule has 0 fully saturated rings. The number of carboxylic acids is 3. The van der Waals surface area contributed by atoms with E-state index in [9.17, 15) is 14.4 Å². The predicted octanol–water partition coefficient (Wildman–Crippen LogP) is 1.26. The molecule has 0 rings (SSSR count). The van der Waals surface area contributed by atoms with Crippen LogP contribution in [0.15, 0.2) is 0 Å². The number of rotatable bonds is 9. The van der Waals surface area contributed by atoms with Gasteiger partial charge >= 0.3 is 17.9 Å². The number of alkyl halides is 3. The molecule has 0 bridgehead atoms. The summed E-state index contributed by atoms with van der Waals surface area (Å²) in [5, 5.41) is 24.8. The normalized spacial score (nSPS) is 11.5. The van der Waals surface area contributed by atoms with Crippen molar-refractivity contribution in [3.8, 4) is 35.5 Å². The number of halogens is 3. The molecule has 186 valence electrons. The van der Waals surface area contributed by atoms with E-state index in [0.29, 0.717) is 36.9 Å². The third kappa shape index (κ3) is 29.8. The van der Waals surface area contributed by atoms with Gasteiger partial charge in [0, 0.05) is 36.9 Å². The van der Waals surface area contributed by atoms with E-state index in [-0.39, 0.29) is 0 Å². The summed E-state index contributed by atoms with van der Waals surface area (Å²) in [7, 11) is 0. The summed E-state index contributed by atoms with van der Waals surface area (Å²) in [5.74, 6) is 13.3. The van der Waals surface area contributed by atoms with Crippen LogP contribution in [0.25, 0.3) is 0 Å². The first kappa shape index (κ1) is 35.4. The van der Waals surface area contributed by atoms with Crippen molar-refractivity contribution >= 4 is 52.7 Å². The van der Waals surface area contributed by atoms with E-state index in [1.165, 1.54) is 0 Å². The van der Waals surface area contributed by atoms with Crippen LogP contribution < -0.4 is 17.2 Å². The molecule has 0 saturated carbocycles. The Kier molecular flexibility index (Phi) is 28.0. The lowest BCUT2D eigenvalue weighted by Gasteiger charge is -1.93. The first-order valence-corrected chi connectivity index (χ1v) is 11.2. The number of hydrogen-bond acceptors (Lipinski definition) is 6. The number of aliphatic carboxylic acids is 3. The minimum atomic E-state index is -1.11. The van der Waals surface area contributed by atoms with Gasteiger partial charge in [0.25, 0.3) is 0 Å². The molecule has 0 saturated heterocycles. The van der Waals surface area contributed by atoms with Crippen LogP contribution in [-0.2, 0) is 14.4 Å². The molecule has 0 aromatic heterocycles. The molecule has 3 atom stereocenters. The van der Waals surface area contributed by atoms with Crippen LogP contribution in [0.4, 0.5) is 0 Å². The van der Waals surface area contributed by atoms with Crippen molar-refractivity contribution in [2.75, 3.05) is 17.6 Å². The zero-order valence-corrected chi connectivity index (χ0v) is 20.3. The van der Waals surface area contributed by atoms with Crippen LogP contribution >= 0.6 is 34.8 Å². The highest BCUT2D eigenvalue weighted by atomic mass is 35.5. The molecule has 33 heavy (non-hydrogen) atoms. The van der Waals surface area contributed by atoms with E-state index < -0.39 is 36.0 Å². The van der Waals surface area contributed by atoms with E-state index in [2.05, 4.69) is 35.5 Å². The van der Waals surface area contributed by atoms with Gasteiger partial charge in [-0.25, -0.2) is 14.4 Å². The summed E-state index contributed by atoms with van der Waals surface area (Å²) in [6.07, 6.45) is 4.29. The van der Waals surface area contributed by atoms with Crippen LogP contribution in [-0.4, -0.2) is 69.0 Å². The van der Waals surface area contributed by atoms with E-state index >= 15 is 0 Å². The number of carboxylic acid groups (broad SMARTS) is 3. The molecule has 0 aliphatic carbocycles. The van der Waals surface area contributed by atoms with Crippen molar-refractivity contribution in [3.05, 3.63) is 0 Å². The second-order valence-corrected chi connectivity index (χ2v) is 6.92. The van der Waals surface area contributed by atoms with E-state index in [1.54, 1.807) is 0 Å². The van der Waals surface area contributed by atoms with E-state index in [1.807, 2.05) is 0 Å². The average molecular weight is 527 g/mol. The third-order valence-electron chi connectivity index (χ3n) is 2.91. The van der Waals surface area contributed by atoms with Crippen LogP contribution in [0.5, 0.6) is 0 Å². The zero-order chi connectivity index (χ0) is 26.1. The minimum Gasteiger partial charge on any atom is -0.479 e. The molecule has 0 radical (unpaired) electrons. The summed E-state index contributed by atoms with van der Waals surface area (Å²) in [6.45, 7) is 0. The van der Waals surface area contributed by atoms with E-state index in [4.69, 9.17) is 67.3 Å². The molecule has 0 heterocycles.